The largest absolute Gasteiger partial charge is 0.481 e. The summed E-state index contributed by atoms with van der Waals surface area (Å²) in [5, 5.41) is 16.9. The number of nitrogens with zero attached hydrogens (tertiary/aromatic N) is 2. The molecule has 5 nitrogen and oxygen atoms in total. The molecule has 0 aliphatic heterocycles. The maximum Gasteiger partial charge on any atom is 0.306 e. The minimum Gasteiger partial charge on any atom is -0.481 e. The van der Waals surface area contributed by atoms with E-state index in [9.17, 15) is 18.7 Å². The average Bonchev–Trinajstić information content (AvgIpc) is 3.26. The third kappa shape index (κ3) is 2.85. The van der Waals surface area contributed by atoms with E-state index in [1.807, 2.05) is 13.8 Å². The van der Waals surface area contributed by atoms with Crippen molar-refractivity contribution < 1.29 is 23.1 Å². The lowest BCUT2D eigenvalue weighted by Crippen LogP contribution is -2.29. The number of hydrogen-bond donors (Lipinski definition) is 2. The number of hydrogen-bond acceptors (Lipinski definition) is 2. The first-order valence-electron chi connectivity index (χ1n) is 10.2. The lowest BCUT2D eigenvalue weighted by molar-refractivity contribution is -0.145. The van der Waals surface area contributed by atoms with E-state index in [0.29, 0.717) is 34.8 Å². The zero-order valence-corrected chi connectivity index (χ0v) is 16.9. The number of halogens is 3. The Morgan fingerprint density at radius 2 is 1.94 bits per heavy atom. The molecule has 5 rings (SSSR count). The van der Waals surface area contributed by atoms with Crippen molar-refractivity contribution in [2.45, 2.75) is 38.5 Å². The van der Waals surface area contributed by atoms with Crippen LogP contribution in [0.4, 0.5) is 13.2 Å². The van der Waals surface area contributed by atoms with Crippen LogP contribution in [0.2, 0.25) is 0 Å². The highest BCUT2D eigenvalue weighted by Crippen LogP contribution is 2.50. The number of aromatic amines is 1. The van der Waals surface area contributed by atoms with Crippen LogP contribution in [-0.2, 0) is 4.79 Å². The Labute approximate surface area is 175 Å². The van der Waals surface area contributed by atoms with E-state index >= 15 is 4.39 Å². The normalized spacial score (nSPS) is 18.8. The van der Waals surface area contributed by atoms with Crippen LogP contribution in [0.1, 0.15) is 49.8 Å². The summed E-state index contributed by atoms with van der Waals surface area (Å²) >= 11 is 0. The molecule has 1 aliphatic carbocycles. The van der Waals surface area contributed by atoms with Crippen LogP contribution < -0.4 is 0 Å². The second kappa shape index (κ2) is 6.87. The number of carboxylic acid groups (broad SMARTS) is 1. The monoisotopic (exact) mass is 427 g/mol. The fourth-order valence-corrected chi connectivity index (χ4v) is 4.79. The second-order valence-electron chi connectivity index (χ2n) is 8.51. The van der Waals surface area contributed by atoms with Gasteiger partial charge in [0.1, 0.15) is 5.52 Å². The Balaban J connectivity index is 1.87. The molecule has 1 saturated carbocycles. The van der Waals surface area contributed by atoms with Gasteiger partial charge in [-0.05, 0) is 48.4 Å². The van der Waals surface area contributed by atoms with Crippen molar-refractivity contribution in [3.63, 3.8) is 0 Å². The number of carboxylic acids is 1. The van der Waals surface area contributed by atoms with Gasteiger partial charge >= 0.3 is 5.97 Å². The Bertz CT molecular complexity index is 1350. The molecule has 0 radical (unpaired) electrons. The van der Waals surface area contributed by atoms with Gasteiger partial charge in [-0.3, -0.25) is 9.89 Å². The van der Waals surface area contributed by atoms with E-state index in [2.05, 4.69) is 10.2 Å². The molecule has 1 aliphatic rings. The first-order valence-corrected chi connectivity index (χ1v) is 10.2. The summed E-state index contributed by atoms with van der Waals surface area (Å²) in [5.74, 6) is -3.96. The van der Waals surface area contributed by atoms with Gasteiger partial charge in [-0.25, -0.2) is 13.2 Å². The van der Waals surface area contributed by atoms with Gasteiger partial charge < -0.3 is 9.67 Å². The third-order valence-corrected chi connectivity index (χ3v) is 6.29. The van der Waals surface area contributed by atoms with Crippen molar-refractivity contribution in [3.8, 4) is 5.69 Å². The molecule has 0 bridgehead atoms. The lowest BCUT2D eigenvalue weighted by atomic mass is 9.70. The van der Waals surface area contributed by atoms with Crippen molar-refractivity contribution in [2.24, 2.45) is 5.92 Å². The summed E-state index contributed by atoms with van der Waals surface area (Å²) in [6, 6.07) is 5.40. The van der Waals surface area contributed by atoms with Gasteiger partial charge in [0, 0.05) is 28.2 Å². The highest BCUT2D eigenvalue weighted by molar-refractivity contribution is 6.00. The van der Waals surface area contributed by atoms with Gasteiger partial charge in [0.25, 0.3) is 0 Å². The van der Waals surface area contributed by atoms with E-state index in [1.165, 1.54) is 12.3 Å². The number of aromatic nitrogens is 3. The van der Waals surface area contributed by atoms with Gasteiger partial charge in [-0.15, -0.1) is 0 Å². The number of H-pyrrole nitrogens is 1. The predicted molar refractivity (Wildman–Crippen MR) is 110 cm³/mol. The van der Waals surface area contributed by atoms with Crippen LogP contribution >= 0.6 is 0 Å². The molecule has 0 atom stereocenters. The van der Waals surface area contributed by atoms with Crippen LogP contribution in [-0.4, -0.2) is 25.8 Å². The minimum absolute atomic E-state index is 0.0738. The van der Waals surface area contributed by atoms with Crippen LogP contribution in [0.15, 0.2) is 30.5 Å². The Morgan fingerprint density at radius 1 is 1.19 bits per heavy atom. The Hall–Kier alpha value is -3.29. The van der Waals surface area contributed by atoms with E-state index in [-0.39, 0.29) is 17.4 Å². The highest BCUT2D eigenvalue weighted by atomic mass is 19.2. The Morgan fingerprint density at radius 3 is 2.58 bits per heavy atom. The first kappa shape index (κ1) is 19.7. The van der Waals surface area contributed by atoms with Gasteiger partial charge in [0.05, 0.1) is 17.6 Å². The third-order valence-electron chi connectivity index (χ3n) is 6.29. The van der Waals surface area contributed by atoms with Gasteiger partial charge in [0.15, 0.2) is 17.5 Å². The highest BCUT2D eigenvalue weighted by Gasteiger charge is 2.40. The molecular formula is C23H20F3N3O2. The molecule has 0 spiro atoms. The molecule has 0 saturated heterocycles. The molecule has 2 heterocycles. The summed E-state index contributed by atoms with van der Waals surface area (Å²) in [6.07, 6.45) is 2.33. The molecule has 8 heteroatoms. The molecule has 4 aromatic rings. The SMILES string of the molecule is CC(C)c1c([C@H]2C[C@H](C(=O)O)C2)c2c(F)c3[nH]ncc3cc2n1-c1ccc(F)c(F)c1. The predicted octanol–water partition coefficient (Wildman–Crippen LogP) is 5.63. The summed E-state index contributed by atoms with van der Waals surface area (Å²) in [6.45, 7) is 3.90. The summed E-state index contributed by atoms with van der Waals surface area (Å²) in [7, 11) is 0. The Kier molecular flexibility index (Phi) is 4.35. The fraction of sp³-hybridized carbons (Fsp3) is 0.304. The second-order valence-corrected chi connectivity index (χ2v) is 8.51. The van der Waals surface area contributed by atoms with Crippen molar-refractivity contribution >= 4 is 27.8 Å². The van der Waals surface area contributed by atoms with Crippen LogP contribution in [0.3, 0.4) is 0 Å². The number of benzene rings is 2. The fourth-order valence-electron chi connectivity index (χ4n) is 4.79. The zero-order chi connectivity index (χ0) is 22.0. The molecular weight excluding hydrogens is 407 g/mol. The van der Waals surface area contributed by atoms with Gasteiger partial charge in [-0.1, -0.05) is 13.8 Å². The molecule has 2 N–H and O–H groups in total. The topological polar surface area (TPSA) is 70.9 Å². The van der Waals surface area contributed by atoms with Crippen molar-refractivity contribution in [2.75, 3.05) is 0 Å². The van der Waals surface area contributed by atoms with E-state index in [1.54, 1.807) is 10.6 Å². The smallest absolute Gasteiger partial charge is 0.306 e. The number of carbonyl (C=O) groups is 1. The van der Waals surface area contributed by atoms with Crippen LogP contribution in [0, 0.1) is 23.4 Å². The van der Waals surface area contributed by atoms with Gasteiger partial charge in [0.2, 0.25) is 0 Å². The van der Waals surface area contributed by atoms with Crippen molar-refractivity contribution in [1.82, 2.24) is 14.8 Å². The van der Waals surface area contributed by atoms with Crippen molar-refractivity contribution in [3.05, 3.63) is 59.2 Å². The lowest BCUT2D eigenvalue weighted by Gasteiger charge is -2.34. The summed E-state index contributed by atoms with van der Waals surface area (Å²) in [4.78, 5) is 11.4. The maximum absolute atomic E-state index is 15.7. The van der Waals surface area contributed by atoms with Crippen molar-refractivity contribution in [1.29, 1.82) is 0 Å². The average molecular weight is 427 g/mol. The quantitative estimate of drug-likeness (QED) is 0.444. The summed E-state index contributed by atoms with van der Waals surface area (Å²) in [5.41, 5.74) is 2.68. The van der Waals surface area contributed by atoms with Crippen LogP contribution in [0.5, 0.6) is 0 Å². The zero-order valence-electron chi connectivity index (χ0n) is 16.9. The number of rotatable bonds is 4. The molecule has 1 fully saturated rings. The minimum atomic E-state index is -0.991. The maximum atomic E-state index is 15.7. The standard InChI is InChI=1S/C23H20F3N3O2/c1-10(2)22-18(11-5-12(6-11)23(30)31)19-17(7-13-9-27-28-21(13)20(19)26)29(22)14-3-4-15(24)16(25)8-14/h3-4,7-12H,5-6H2,1-2H3,(H,27,28)(H,30,31)/t11-,12-. The number of nitrogens with one attached hydrogen (secondary N) is 1. The molecule has 2 aromatic heterocycles. The van der Waals surface area contributed by atoms with E-state index in [4.69, 9.17) is 0 Å². The molecule has 0 unspecified atom stereocenters. The summed E-state index contributed by atoms with van der Waals surface area (Å²) < 4.78 is 45.2. The van der Waals surface area contributed by atoms with Gasteiger partial charge in [-0.2, -0.15) is 5.10 Å². The molecule has 0 amide bonds. The molecule has 31 heavy (non-hydrogen) atoms. The van der Waals surface area contributed by atoms with E-state index in [0.717, 1.165) is 23.4 Å². The molecule has 2 aromatic carbocycles. The van der Waals surface area contributed by atoms with Crippen LogP contribution in [0.25, 0.3) is 27.5 Å². The first-order chi connectivity index (χ1) is 14.8. The molecule has 160 valence electrons. The number of fused-ring (bicyclic) bond motifs is 2. The van der Waals surface area contributed by atoms with E-state index < -0.39 is 29.3 Å². The number of aliphatic carboxylic acids is 1.